The molecule has 0 radical (unpaired) electrons. The molecule has 44 heteroatoms. The van der Waals surface area contributed by atoms with Gasteiger partial charge in [-0.2, -0.15) is 0 Å². The number of guanidine groups is 2. The minimum atomic E-state index is -1.68. The van der Waals surface area contributed by atoms with Crippen LogP contribution in [0.4, 0.5) is 0 Å². The van der Waals surface area contributed by atoms with Crippen molar-refractivity contribution in [3.63, 3.8) is 0 Å². The van der Waals surface area contributed by atoms with Crippen LogP contribution in [0, 0.1) is 28.6 Å². The molecule has 692 valence electrons. The summed E-state index contributed by atoms with van der Waals surface area (Å²) in [6, 6.07) is -0.00866. The number of carbonyl (C=O) groups is 17. The number of benzene rings is 2. The molecule has 0 spiro atoms. The van der Waals surface area contributed by atoms with Crippen LogP contribution >= 0.6 is 0 Å². The van der Waals surface area contributed by atoms with Crippen molar-refractivity contribution in [1.29, 1.82) is 10.8 Å². The lowest BCUT2D eigenvalue weighted by Gasteiger charge is -2.42. The zero-order chi connectivity index (χ0) is 92.8. The van der Waals surface area contributed by atoms with Gasteiger partial charge in [-0.15, -0.1) is 0 Å². The summed E-state index contributed by atoms with van der Waals surface area (Å²) < 4.78 is 15.5. The molecule has 4 rings (SSSR count). The number of aliphatic carboxylic acids is 2. The molecule has 6 unspecified atom stereocenters. The van der Waals surface area contributed by atoms with Gasteiger partial charge in [0.05, 0.1) is 26.4 Å². The zero-order valence-electron chi connectivity index (χ0n) is 72.2. The fraction of sp³-hybridized carbons (Fsp3) is 0.593. The summed E-state index contributed by atoms with van der Waals surface area (Å²) in [5, 5.41) is 76.1. The van der Waals surface area contributed by atoms with E-state index in [1.54, 1.807) is 95.4 Å². The minimum absolute atomic E-state index is 0.00237. The summed E-state index contributed by atoms with van der Waals surface area (Å²) in [6.07, 6.45) is 0.834. The molecule has 0 saturated carbocycles. The Morgan fingerprint density at radius 1 is 0.520 bits per heavy atom. The first-order valence-corrected chi connectivity index (χ1v) is 41.5. The molecular weight excluding hydrogens is 1630 g/mol. The molecule has 3 aromatic rings. The highest BCUT2D eigenvalue weighted by molar-refractivity contribution is 6.00. The van der Waals surface area contributed by atoms with Crippen molar-refractivity contribution in [2.24, 2.45) is 29.2 Å². The van der Waals surface area contributed by atoms with Gasteiger partial charge >= 0.3 is 11.9 Å². The van der Waals surface area contributed by atoms with E-state index >= 15 is 4.79 Å². The number of unbranched alkanes of at least 4 members (excludes halogenated alkanes) is 1. The fourth-order valence-electron chi connectivity index (χ4n) is 13.3. The van der Waals surface area contributed by atoms with Crippen molar-refractivity contribution in [3.05, 3.63) is 71.9 Å². The zero-order valence-corrected chi connectivity index (χ0v) is 72.2. The standard InChI is InChI=1S/C81H126N22O22/c1-10-47(5)67(102-76(119)59(37-51-20-12-11-13-21-51)100-74(117)58(27-28-65(108)109)97-73(116)57(96-69(112)48(6)93-50(8)104)24-16-17-29-86-64(107)44-125-35-34-124-33-32-87-63(106)43-123-9)77(120)94-49(7)70(113)99-60(38-52-39-90-54-23-15-14-22-53(52)54)75(118)101-61-36-46(4)42-103(79(61)122)68(45(2)3)78(121)98-56(26-19-31-89-81(84)85)72(115)91-40-62(105)95-55(25-18-30-88-80(82)83)71(114)92-41-66(110)111/h11-15,20-23,39,45-49,55-61,67-68,90H,10,16-19,24-38,40-44H2,1-9H3,(H,86,107)(H,87,106)(H,91,115)(H,92,114)(H,93,104)(H,94,120)(H,95,105)(H,96,112)(H,97,116)(H,98,121)(H,99,113)(H,100,117)(H,101,118)(H,102,119)(H,108,109)(H,110,111)(H4,82,83,88)(H4,84,85,89)/t46?,47-,48?,49-,55-,56-,57?,58?,59?,60?,61-,67-,68-/m0/s1. The van der Waals surface area contributed by atoms with Gasteiger partial charge in [-0.3, -0.25) is 92.3 Å². The number of fused-ring (bicyclic) bond motifs is 1. The molecule has 1 aliphatic rings. The van der Waals surface area contributed by atoms with E-state index < -0.39 is 205 Å². The Morgan fingerprint density at radius 3 is 1.65 bits per heavy atom. The van der Waals surface area contributed by atoms with Crippen LogP contribution in [0.2, 0.25) is 0 Å². The molecule has 15 amide bonds. The van der Waals surface area contributed by atoms with E-state index in [9.17, 15) is 81.8 Å². The lowest BCUT2D eigenvalue weighted by atomic mass is 9.90. The molecule has 1 saturated heterocycles. The normalized spacial score (nSPS) is 15.6. The highest BCUT2D eigenvalue weighted by atomic mass is 16.5. The fourth-order valence-corrected chi connectivity index (χ4v) is 13.3. The number of hydrogen-bond acceptors (Lipinski definition) is 22. The van der Waals surface area contributed by atoms with E-state index in [-0.39, 0.29) is 154 Å². The van der Waals surface area contributed by atoms with Crippen LogP contribution in [0.5, 0.6) is 0 Å². The maximum Gasteiger partial charge on any atom is 0.322 e. The Morgan fingerprint density at radius 2 is 1.04 bits per heavy atom. The lowest BCUT2D eigenvalue weighted by Crippen LogP contribution is -2.64. The monoisotopic (exact) mass is 1760 g/mol. The van der Waals surface area contributed by atoms with E-state index in [1.807, 2.05) is 0 Å². The van der Waals surface area contributed by atoms with Gasteiger partial charge in [-0.05, 0) is 107 Å². The number of aromatic amines is 1. The van der Waals surface area contributed by atoms with Gasteiger partial charge in [0.1, 0.15) is 86.2 Å². The predicted octanol–water partition coefficient (Wildman–Crippen LogP) is -4.41. The molecule has 2 aromatic carbocycles. The van der Waals surface area contributed by atoms with Gasteiger partial charge in [0, 0.05) is 83.1 Å². The number of H-pyrrole nitrogens is 1. The Labute approximate surface area is 724 Å². The Kier molecular flexibility index (Phi) is 46.5. The molecule has 1 aromatic heterocycles. The number of nitrogens with one attached hydrogen (secondary N) is 19. The number of para-hydroxylation sites is 1. The van der Waals surface area contributed by atoms with Gasteiger partial charge in [0.15, 0.2) is 11.9 Å². The van der Waals surface area contributed by atoms with Crippen LogP contribution in [0.3, 0.4) is 0 Å². The average molecular weight is 1760 g/mol. The summed E-state index contributed by atoms with van der Waals surface area (Å²) in [7, 11) is 1.39. The van der Waals surface area contributed by atoms with Crippen LogP contribution in [-0.4, -0.2) is 285 Å². The second-order valence-electron chi connectivity index (χ2n) is 30.8. The molecule has 2 heterocycles. The number of nitrogens with zero attached hydrogens (tertiary/aromatic N) is 1. The van der Waals surface area contributed by atoms with E-state index in [4.69, 9.17) is 41.6 Å². The van der Waals surface area contributed by atoms with Crippen molar-refractivity contribution >= 4 is 123 Å². The molecular formula is C81H126N22O22. The lowest BCUT2D eigenvalue weighted by molar-refractivity contribution is -0.149. The van der Waals surface area contributed by atoms with Crippen molar-refractivity contribution < 1.29 is 106 Å². The predicted molar refractivity (Wildman–Crippen MR) is 454 cm³/mol. The first kappa shape index (κ1) is 105. The van der Waals surface area contributed by atoms with Gasteiger partial charge in [-0.25, -0.2) is 0 Å². The van der Waals surface area contributed by atoms with Crippen LogP contribution in [0.1, 0.15) is 137 Å². The summed E-state index contributed by atoms with van der Waals surface area (Å²) in [5.41, 5.74) is 12.6. The number of carboxylic acids is 2. The first-order valence-electron chi connectivity index (χ1n) is 41.5. The van der Waals surface area contributed by atoms with Gasteiger partial charge in [-0.1, -0.05) is 89.6 Å². The number of hydrogen-bond donors (Lipinski definition) is 23. The highest BCUT2D eigenvalue weighted by Crippen LogP contribution is 2.26. The van der Waals surface area contributed by atoms with Crippen LogP contribution in [0.25, 0.3) is 10.9 Å². The third kappa shape index (κ3) is 39.2. The number of amides is 15. The van der Waals surface area contributed by atoms with E-state index in [1.165, 1.54) is 32.8 Å². The number of nitrogens with two attached hydrogens (primary N) is 2. The Hall–Kier alpha value is -12.6. The third-order valence-electron chi connectivity index (χ3n) is 20.0. The van der Waals surface area contributed by atoms with Crippen LogP contribution in [0.15, 0.2) is 60.8 Å². The maximum atomic E-state index is 15.0. The van der Waals surface area contributed by atoms with Gasteiger partial charge < -0.3 is 131 Å². The number of piperidine rings is 1. The number of aromatic nitrogens is 1. The average Bonchev–Trinajstić information content (AvgIpc) is 1.45. The van der Waals surface area contributed by atoms with Crippen molar-refractivity contribution in [3.8, 4) is 0 Å². The topological polar surface area (TPSA) is 670 Å². The minimum Gasteiger partial charge on any atom is -0.481 e. The molecule has 0 aliphatic carbocycles. The summed E-state index contributed by atoms with van der Waals surface area (Å²) >= 11 is 0. The van der Waals surface area contributed by atoms with Crippen molar-refractivity contribution in [1.82, 2.24) is 95.0 Å². The number of ether oxygens (including phenoxy) is 3. The second kappa shape index (κ2) is 55.5. The number of methoxy groups -OCH3 is 1. The summed E-state index contributed by atoms with van der Waals surface area (Å²) in [4.78, 5) is 236. The number of rotatable bonds is 58. The summed E-state index contributed by atoms with van der Waals surface area (Å²) in [5.74, 6) is -17.0. The van der Waals surface area contributed by atoms with Gasteiger partial charge in [0.2, 0.25) is 88.6 Å². The van der Waals surface area contributed by atoms with Crippen molar-refractivity contribution in [2.45, 2.75) is 205 Å². The molecule has 0 bridgehead atoms. The second-order valence-corrected chi connectivity index (χ2v) is 30.8. The molecule has 44 nitrogen and oxygen atoms in total. The summed E-state index contributed by atoms with van der Waals surface area (Å²) in [6.45, 7) is 11.4. The first-order chi connectivity index (χ1) is 59.3. The number of carbonyl (C=O) groups excluding carboxylic acids is 15. The largest absolute Gasteiger partial charge is 0.481 e. The Bertz CT molecular complexity index is 4150. The number of carboxylic acid groups (broad SMARTS) is 2. The quantitative estimate of drug-likeness (QED) is 0.0144. The van der Waals surface area contributed by atoms with E-state index in [2.05, 4.69) is 90.1 Å². The molecule has 1 fully saturated rings. The Balaban J connectivity index is 1.56. The molecule has 1 aliphatic heterocycles. The van der Waals surface area contributed by atoms with Crippen LogP contribution in [-0.2, 0) is 109 Å². The smallest absolute Gasteiger partial charge is 0.322 e. The van der Waals surface area contributed by atoms with E-state index in [0.29, 0.717) is 22.0 Å². The number of likely N-dealkylation sites (tertiary alicyclic amines) is 1. The molecule has 25 N–H and O–H groups in total. The van der Waals surface area contributed by atoms with Crippen molar-refractivity contribution in [2.75, 3.05) is 86.0 Å². The SMILES string of the molecule is CC[C@H](C)[C@H](NC(=O)C(Cc1ccccc1)NC(=O)C(CCC(=O)O)NC(=O)C(CCCCNC(=O)COCCOCCNC(=O)COC)NC(=O)C(C)NC(C)=O)C(=O)N[C@@H](C)C(=O)NC(Cc1c[nH]c2ccccc12)C(=O)N[C@H]1CC(C)CN([C@H](C(=O)N[C@@H](CCCNC(=N)N)C(=O)NCC(=O)N[C@@H](CCCNC(=N)N)C(=O)NCC(=O)O)C(C)C)C1=O. The maximum absolute atomic E-state index is 15.0. The van der Waals surface area contributed by atoms with E-state index in [0.717, 1.165) is 0 Å². The highest BCUT2D eigenvalue weighted by Gasteiger charge is 2.44. The van der Waals surface area contributed by atoms with Crippen LogP contribution < -0.4 is 96.5 Å². The van der Waals surface area contributed by atoms with Gasteiger partial charge in [0.25, 0.3) is 0 Å². The molecule has 125 heavy (non-hydrogen) atoms. The molecule has 13 atom stereocenters. The third-order valence-corrected chi connectivity index (χ3v) is 20.0.